The molecule has 0 radical (unpaired) electrons. The van der Waals surface area contributed by atoms with E-state index < -0.39 is 11.9 Å². The maximum Gasteiger partial charge on any atom is 0.437 e. The molecule has 1 N–H and O–H groups in total. The van der Waals surface area contributed by atoms with E-state index in [4.69, 9.17) is 5.21 Å². The van der Waals surface area contributed by atoms with Gasteiger partial charge in [0.15, 0.2) is 5.71 Å². The molecule has 1 aromatic rings. The second-order valence-electron chi connectivity index (χ2n) is 2.45. The van der Waals surface area contributed by atoms with Gasteiger partial charge in [-0.2, -0.15) is 13.2 Å². The lowest BCUT2D eigenvalue weighted by Gasteiger charge is -2.08. The van der Waals surface area contributed by atoms with Gasteiger partial charge in [-0.3, -0.25) is 0 Å². The summed E-state index contributed by atoms with van der Waals surface area (Å²) in [5.41, 5.74) is -1.44. The predicted octanol–water partition coefficient (Wildman–Crippen LogP) is 3.03. The van der Waals surface area contributed by atoms with Crippen molar-refractivity contribution in [3.8, 4) is 0 Å². The first-order valence-electron chi connectivity index (χ1n) is 3.50. The van der Waals surface area contributed by atoms with Crippen LogP contribution in [0, 0.1) is 3.57 Å². The Kier molecular flexibility index (Phi) is 3.35. The van der Waals surface area contributed by atoms with Gasteiger partial charge >= 0.3 is 6.18 Å². The molecule has 0 saturated heterocycles. The van der Waals surface area contributed by atoms with E-state index in [0.717, 1.165) is 3.57 Å². The second kappa shape index (κ2) is 4.16. The molecular weight excluding hydrogens is 310 g/mol. The van der Waals surface area contributed by atoms with Crippen molar-refractivity contribution in [1.82, 2.24) is 0 Å². The Hall–Kier alpha value is -0.790. The van der Waals surface area contributed by atoms with Crippen LogP contribution in [0.3, 0.4) is 0 Å². The highest BCUT2D eigenvalue weighted by molar-refractivity contribution is 14.1. The summed E-state index contributed by atoms with van der Waals surface area (Å²) in [5, 5.41) is 10.5. The van der Waals surface area contributed by atoms with Crippen LogP contribution in [0.25, 0.3) is 0 Å². The lowest BCUT2D eigenvalue weighted by Crippen LogP contribution is -2.23. The molecule has 14 heavy (non-hydrogen) atoms. The van der Waals surface area contributed by atoms with E-state index in [-0.39, 0.29) is 5.56 Å². The summed E-state index contributed by atoms with van der Waals surface area (Å²) in [4.78, 5) is 0. The minimum Gasteiger partial charge on any atom is -0.410 e. The molecule has 2 nitrogen and oxygen atoms in total. The van der Waals surface area contributed by atoms with Crippen molar-refractivity contribution in [2.75, 3.05) is 0 Å². The quantitative estimate of drug-likeness (QED) is 0.367. The van der Waals surface area contributed by atoms with Crippen molar-refractivity contribution in [3.63, 3.8) is 0 Å². The fraction of sp³-hybridized carbons (Fsp3) is 0.125. The smallest absolute Gasteiger partial charge is 0.410 e. The van der Waals surface area contributed by atoms with Crippen LogP contribution in [0.5, 0.6) is 0 Å². The molecule has 1 rings (SSSR count). The summed E-state index contributed by atoms with van der Waals surface area (Å²) < 4.78 is 37.5. The fourth-order valence-electron chi connectivity index (χ4n) is 0.886. The van der Waals surface area contributed by atoms with Gasteiger partial charge in [0.2, 0.25) is 0 Å². The zero-order chi connectivity index (χ0) is 10.8. The maximum absolute atomic E-state index is 12.2. The summed E-state index contributed by atoms with van der Waals surface area (Å²) in [7, 11) is 0. The maximum atomic E-state index is 12.2. The van der Waals surface area contributed by atoms with Gasteiger partial charge in [-0.1, -0.05) is 17.3 Å². The molecule has 0 aliphatic heterocycles. The van der Waals surface area contributed by atoms with Crippen molar-refractivity contribution in [3.05, 3.63) is 33.4 Å². The van der Waals surface area contributed by atoms with Crippen LogP contribution in [0.1, 0.15) is 5.56 Å². The Bertz CT molecular complexity index is 345. The minimum atomic E-state index is -4.64. The number of alkyl halides is 3. The van der Waals surface area contributed by atoms with E-state index in [1.54, 1.807) is 0 Å². The molecule has 0 spiro atoms. The number of hydrogen-bond acceptors (Lipinski definition) is 2. The van der Waals surface area contributed by atoms with Crippen molar-refractivity contribution in [2.45, 2.75) is 6.18 Å². The molecule has 0 heterocycles. The van der Waals surface area contributed by atoms with E-state index in [2.05, 4.69) is 5.16 Å². The minimum absolute atomic E-state index is 0.152. The van der Waals surface area contributed by atoms with Crippen molar-refractivity contribution in [2.24, 2.45) is 5.16 Å². The molecule has 0 saturated carbocycles. The number of oxime groups is 1. The van der Waals surface area contributed by atoms with Gasteiger partial charge in [-0.25, -0.2) is 0 Å². The number of nitrogens with zero attached hydrogens (tertiary/aromatic N) is 1. The van der Waals surface area contributed by atoms with Gasteiger partial charge in [0, 0.05) is 9.13 Å². The van der Waals surface area contributed by atoms with Gasteiger partial charge in [0.05, 0.1) is 0 Å². The van der Waals surface area contributed by atoms with Gasteiger partial charge in [0.25, 0.3) is 0 Å². The third kappa shape index (κ3) is 2.60. The third-order valence-corrected chi connectivity index (χ3v) is 2.21. The first-order valence-corrected chi connectivity index (χ1v) is 4.58. The Balaban J connectivity index is 3.10. The Labute approximate surface area is 91.6 Å². The molecule has 0 bridgehead atoms. The Morgan fingerprint density at radius 3 is 2.07 bits per heavy atom. The predicted molar refractivity (Wildman–Crippen MR) is 53.5 cm³/mol. The third-order valence-electron chi connectivity index (χ3n) is 1.49. The zero-order valence-corrected chi connectivity index (χ0v) is 8.87. The molecule has 0 unspecified atom stereocenters. The van der Waals surface area contributed by atoms with Crippen molar-refractivity contribution < 1.29 is 18.4 Å². The molecule has 76 valence electrons. The van der Waals surface area contributed by atoms with Crippen LogP contribution in [-0.2, 0) is 0 Å². The molecule has 0 aromatic heterocycles. The first-order chi connectivity index (χ1) is 6.45. The van der Waals surface area contributed by atoms with E-state index in [1.807, 2.05) is 22.6 Å². The van der Waals surface area contributed by atoms with E-state index in [1.165, 1.54) is 24.3 Å². The summed E-state index contributed by atoms with van der Waals surface area (Å²) in [6.45, 7) is 0. The van der Waals surface area contributed by atoms with Crippen LogP contribution in [-0.4, -0.2) is 17.1 Å². The van der Waals surface area contributed by atoms with Crippen LogP contribution in [0.2, 0.25) is 0 Å². The van der Waals surface area contributed by atoms with Crippen LogP contribution in [0.15, 0.2) is 29.4 Å². The van der Waals surface area contributed by atoms with E-state index in [9.17, 15) is 13.2 Å². The first kappa shape index (κ1) is 11.3. The number of benzene rings is 1. The standard InChI is InChI=1S/C8H5F3INO/c9-8(10,11)7(13-14)5-1-3-6(12)4-2-5/h1-4,14H. The molecular formula is C8H5F3INO. The molecule has 1 aromatic carbocycles. The van der Waals surface area contributed by atoms with Crippen LogP contribution in [0.4, 0.5) is 13.2 Å². The fourth-order valence-corrected chi connectivity index (χ4v) is 1.25. The van der Waals surface area contributed by atoms with Gasteiger partial charge in [-0.15, -0.1) is 0 Å². The highest BCUT2D eigenvalue weighted by Crippen LogP contribution is 2.22. The Morgan fingerprint density at radius 2 is 1.71 bits per heavy atom. The molecule has 0 aliphatic carbocycles. The number of hydrogen-bond donors (Lipinski definition) is 1. The summed E-state index contributed by atoms with van der Waals surface area (Å²) in [6.07, 6.45) is -4.64. The molecule has 0 fully saturated rings. The van der Waals surface area contributed by atoms with Gasteiger partial charge < -0.3 is 5.21 Å². The van der Waals surface area contributed by atoms with Crippen LogP contribution < -0.4 is 0 Å². The normalized spacial score (nSPS) is 13.0. The number of rotatable bonds is 1. The van der Waals surface area contributed by atoms with E-state index >= 15 is 0 Å². The average Bonchev–Trinajstić information content (AvgIpc) is 2.07. The highest BCUT2D eigenvalue weighted by atomic mass is 127. The van der Waals surface area contributed by atoms with Crippen molar-refractivity contribution >= 4 is 28.3 Å². The van der Waals surface area contributed by atoms with E-state index in [0.29, 0.717) is 0 Å². The summed E-state index contributed by atoms with van der Waals surface area (Å²) in [5.74, 6) is 0. The SMILES string of the molecule is ON=C(c1ccc(I)cc1)C(F)(F)F. The molecule has 0 aliphatic rings. The zero-order valence-electron chi connectivity index (χ0n) is 6.72. The highest BCUT2D eigenvalue weighted by Gasteiger charge is 2.37. The van der Waals surface area contributed by atoms with Gasteiger partial charge in [0.1, 0.15) is 0 Å². The molecule has 0 atom stereocenters. The van der Waals surface area contributed by atoms with Crippen molar-refractivity contribution in [1.29, 1.82) is 0 Å². The lowest BCUT2D eigenvalue weighted by molar-refractivity contribution is -0.0601. The molecule has 6 heteroatoms. The molecule has 0 amide bonds. The monoisotopic (exact) mass is 315 g/mol. The summed E-state index contributed by atoms with van der Waals surface area (Å²) >= 11 is 1.97. The van der Waals surface area contributed by atoms with Crippen LogP contribution >= 0.6 is 22.6 Å². The largest absolute Gasteiger partial charge is 0.437 e. The summed E-state index contributed by atoms with van der Waals surface area (Å²) in [6, 6.07) is 5.52. The van der Waals surface area contributed by atoms with Gasteiger partial charge in [-0.05, 0) is 34.7 Å². The Morgan fingerprint density at radius 1 is 1.21 bits per heavy atom. The topological polar surface area (TPSA) is 32.6 Å². The average molecular weight is 315 g/mol. The lowest BCUT2D eigenvalue weighted by atomic mass is 10.1. The second-order valence-corrected chi connectivity index (χ2v) is 3.70. The number of halogens is 4.